The van der Waals surface area contributed by atoms with E-state index in [1.807, 2.05) is 6.92 Å². The molecular weight excluding hydrogens is 234 g/mol. The molecule has 0 fully saturated rings. The van der Waals surface area contributed by atoms with Crippen LogP contribution in [0.2, 0.25) is 0 Å². The molecule has 1 rings (SSSR count). The van der Waals surface area contributed by atoms with Crippen LogP contribution in [0.25, 0.3) is 0 Å². The van der Waals surface area contributed by atoms with Crippen LogP contribution >= 0.6 is 0 Å². The highest BCUT2D eigenvalue weighted by Crippen LogP contribution is 2.25. The molecule has 0 bridgehead atoms. The summed E-state index contributed by atoms with van der Waals surface area (Å²) in [5.41, 5.74) is 10.1. The predicted octanol–water partition coefficient (Wildman–Crippen LogP) is 4.15. The van der Waals surface area contributed by atoms with Gasteiger partial charge in [-0.25, -0.2) is 0 Å². The molecule has 0 aromatic heterocycles. The average molecular weight is 263 g/mol. The van der Waals surface area contributed by atoms with E-state index in [1.165, 1.54) is 29.5 Å². The maximum atomic E-state index is 6.06. The average Bonchev–Trinajstić information content (AvgIpc) is 2.38. The van der Waals surface area contributed by atoms with Gasteiger partial charge in [0.1, 0.15) is 5.75 Å². The first-order chi connectivity index (χ1) is 9.10. The molecule has 0 aliphatic heterocycles. The lowest BCUT2D eigenvalue weighted by molar-refractivity contribution is 0.337. The highest BCUT2D eigenvalue weighted by molar-refractivity contribution is 5.43. The maximum Gasteiger partial charge on any atom is 0.122 e. The van der Waals surface area contributed by atoms with Crippen LogP contribution < -0.4 is 10.5 Å². The van der Waals surface area contributed by atoms with E-state index >= 15 is 0 Å². The third-order valence-electron chi connectivity index (χ3n) is 3.83. The maximum absolute atomic E-state index is 6.06. The molecule has 2 nitrogen and oxygen atoms in total. The number of aryl methyl sites for hydroxylation is 1. The van der Waals surface area contributed by atoms with Crippen molar-refractivity contribution in [2.45, 2.75) is 65.8 Å². The summed E-state index contributed by atoms with van der Waals surface area (Å²) < 4.78 is 5.63. The Morgan fingerprint density at radius 2 is 1.84 bits per heavy atom. The quantitative estimate of drug-likeness (QED) is 0.764. The molecule has 1 atom stereocenters. The Balaban J connectivity index is 2.57. The normalized spacial score (nSPS) is 12.5. The van der Waals surface area contributed by atoms with Crippen LogP contribution in [0, 0.1) is 13.8 Å². The van der Waals surface area contributed by atoms with Crippen LogP contribution in [0.15, 0.2) is 12.1 Å². The fourth-order valence-corrected chi connectivity index (χ4v) is 2.50. The summed E-state index contributed by atoms with van der Waals surface area (Å²) in [6, 6.07) is 4.68. The van der Waals surface area contributed by atoms with Crippen LogP contribution in [-0.4, -0.2) is 12.6 Å². The largest absolute Gasteiger partial charge is 0.494 e. The minimum atomic E-state index is 0.370. The predicted molar refractivity (Wildman–Crippen MR) is 82.9 cm³/mol. The van der Waals surface area contributed by atoms with Gasteiger partial charge in [0.05, 0.1) is 6.61 Å². The van der Waals surface area contributed by atoms with Gasteiger partial charge in [0.2, 0.25) is 0 Å². The Kier molecular flexibility index (Phi) is 6.93. The molecule has 2 N–H and O–H groups in total. The second-order valence-electron chi connectivity index (χ2n) is 5.35. The summed E-state index contributed by atoms with van der Waals surface area (Å²) in [6.45, 7) is 9.29. The van der Waals surface area contributed by atoms with Crippen molar-refractivity contribution in [2.24, 2.45) is 5.73 Å². The van der Waals surface area contributed by atoms with Crippen molar-refractivity contribution in [2.75, 3.05) is 6.61 Å². The molecule has 19 heavy (non-hydrogen) atoms. The third-order valence-corrected chi connectivity index (χ3v) is 3.83. The number of ether oxygens (including phenoxy) is 1. The Hall–Kier alpha value is -1.02. The lowest BCUT2D eigenvalue weighted by Gasteiger charge is -2.15. The standard InChI is InChI=1S/C17H29NO/c1-5-8-16(18)10-7-9-15-11-12-17(19-6-2)14(4)13(15)3/h11-12,16H,5-10,18H2,1-4H3. The fourth-order valence-electron chi connectivity index (χ4n) is 2.50. The summed E-state index contributed by atoms with van der Waals surface area (Å²) in [4.78, 5) is 0. The van der Waals surface area contributed by atoms with Gasteiger partial charge in [-0.2, -0.15) is 0 Å². The van der Waals surface area contributed by atoms with Crippen molar-refractivity contribution < 1.29 is 4.74 Å². The van der Waals surface area contributed by atoms with Crippen LogP contribution in [-0.2, 0) is 6.42 Å². The van der Waals surface area contributed by atoms with Gasteiger partial charge in [-0.1, -0.05) is 19.4 Å². The van der Waals surface area contributed by atoms with Crippen molar-refractivity contribution in [3.8, 4) is 5.75 Å². The summed E-state index contributed by atoms with van der Waals surface area (Å²) in [7, 11) is 0. The molecule has 2 heteroatoms. The monoisotopic (exact) mass is 263 g/mol. The second-order valence-corrected chi connectivity index (χ2v) is 5.35. The van der Waals surface area contributed by atoms with E-state index in [0.29, 0.717) is 6.04 Å². The number of hydrogen-bond donors (Lipinski definition) is 1. The number of rotatable bonds is 8. The van der Waals surface area contributed by atoms with E-state index < -0.39 is 0 Å². The van der Waals surface area contributed by atoms with Gasteiger partial charge >= 0.3 is 0 Å². The first kappa shape index (κ1) is 16.0. The summed E-state index contributed by atoms with van der Waals surface area (Å²) in [6.07, 6.45) is 5.75. The topological polar surface area (TPSA) is 35.2 Å². The van der Waals surface area contributed by atoms with Gasteiger partial charge in [-0.15, -0.1) is 0 Å². The molecule has 108 valence electrons. The third kappa shape index (κ3) is 4.87. The molecule has 0 spiro atoms. The van der Waals surface area contributed by atoms with Gasteiger partial charge in [0, 0.05) is 6.04 Å². The first-order valence-corrected chi connectivity index (χ1v) is 7.57. The van der Waals surface area contributed by atoms with Gasteiger partial charge in [-0.3, -0.25) is 0 Å². The van der Waals surface area contributed by atoms with Gasteiger partial charge in [0.15, 0.2) is 0 Å². The van der Waals surface area contributed by atoms with Crippen LogP contribution in [0.3, 0.4) is 0 Å². The van der Waals surface area contributed by atoms with Gasteiger partial charge in [-0.05, 0) is 69.2 Å². The molecule has 1 unspecified atom stereocenters. The highest BCUT2D eigenvalue weighted by atomic mass is 16.5. The zero-order chi connectivity index (χ0) is 14.3. The van der Waals surface area contributed by atoms with Crippen molar-refractivity contribution >= 4 is 0 Å². The minimum Gasteiger partial charge on any atom is -0.494 e. The number of hydrogen-bond acceptors (Lipinski definition) is 2. The van der Waals surface area contributed by atoms with E-state index in [-0.39, 0.29) is 0 Å². The van der Waals surface area contributed by atoms with Crippen LogP contribution in [0.1, 0.15) is 56.2 Å². The molecule has 0 saturated carbocycles. The lowest BCUT2D eigenvalue weighted by atomic mass is 9.96. The van der Waals surface area contributed by atoms with Gasteiger partial charge in [0.25, 0.3) is 0 Å². The lowest BCUT2D eigenvalue weighted by Crippen LogP contribution is -2.19. The molecule has 1 aromatic carbocycles. The van der Waals surface area contributed by atoms with Crippen molar-refractivity contribution in [3.63, 3.8) is 0 Å². The fraction of sp³-hybridized carbons (Fsp3) is 0.647. The molecule has 0 heterocycles. The first-order valence-electron chi connectivity index (χ1n) is 7.57. The molecule has 0 radical (unpaired) electrons. The molecule has 0 aliphatic rings. The van der Waals surface area contributed by atoms with Gasteiger partial charge < -0.3 is 10.5 Å². The number of nitrogens with two attached hydrogens (primary N) is 1. The summed E-state index contributed by atoms with van der Waals surface area (Å²) in [5.74, 6) is 1.02. The SMILES string of the molecule is CCCC(N)CCCc1ccc(OCC)c(C)c1C. The zero-order valence-corrected chi connectivity index (χ0v) is 13.0. The van der Waals surface area contributed by atoms with E-state index in [4.69, 9.17) is 10.5 Å². The van der Waals surface area contributed by atoms with Crippen molar-refractivity contribution in [1.82, 2.24) is 0 Å². The van der Waals surface area contributed by atoms with E-state index in [0.717, 1.165) is 31.6 Å². The van der Waals surface area contributed by atoms with E-state index in [9.17, 15) is 0 Å². The van der Waals surface area contributed by atoms with Crippen LogP contribution in [0.4, 0.5) is 0 Å². The smallest absolute Gasteiger partial charge is 0.122 e. The second kappa shape index (κ2) is 8.21. The molecule has 1 aromatic rings. The Labute approximate surface area is 118 Å². The zero-order valence-electron chi connectivity index (χ0n) is 13.0. The molecular formula is C17H29NO. The molecule has 0 aliphatic carbocycles. The highest BCUT2D eigenvalue weighted by Gasteiger charge is 2.08. The summed E-state index contributed by atoms with van der Waals surface area (Å²) in [5, 5.41) is 0. The van der Waals surface area contributed by atoms with E-state index in [2.05, 4.69) is 32.9 Å². The van der Waals surface area contributed by atoms with Crippen LogP contribution in [0.5, 0.6) is 5.75 Å². The Morgan fingerprint density at radius 1 is 1.11 bits per heavy atom. The Morgan fingerprint density at radius 3 is 2.47 bits per heavy atom. The van der Waals surface area contributed by atoms with E-state index in [1.54, 1.807) is 0 Å². The van der Waals surface area contributed by atoms with Crippen molar-refractivity contribution in [3.05, 3.63) is 28.8 Å². The Bertz CT molecular complexity index is 387. The summed E-state index contributed by atoms with van der Waals surface area (Å²) >= 11 is 0. The minimum absolute atomic E-state index is 0.370. The molecule has 0 amide bonds. The number of benzene rings is 1. The molecule has 0 saturated heterocycles. The van der Waals surface area contributed by atoms with Crippen molar-refractivity contribution in [1.29, 1.82) is 0 Å².